The lowest BCUT2D eigenvalue weighted by Gasteiger charge is -2.16. The van der Waals surface area contributed by atoms with Gasteiger partial charge in [-0.1, -0.05) is 6.07 Å². The van der Waals surface area contributed by atoms with Gasteiger partial charge in [-0.05, 0) is 31.3 Å². The normalized spacial score (nSPS) is 10.9. The second kappa shape index (κ2) is 6.75. The molecule has 2 aromatic rings. The quantitative estimate of drug-likeness (QED) is 0.790. The monoisotopic (exact) mass is 301 g/mol. The predicted octanol–water partition coefficient (Wildman–Crippen LogP) is 1.63. The van der Waals surface area contributed by atoms with Crippen molar-refractivity contribution < 1.29 is 9.47 Å². The smallest absolute Gasteiger partial charge is 0.146 e. The summed E-state index contributed by atoms with van der Waals surface area (Å²) in [5.74, 6) is 2.58. The molecule has 0 aliphatic heterocycles. The fraction of sp³-hybridized carbons (Fsp3) is 0.267. The maximum Gasteiger partial charge on any atom is 0.146 e. The average Bonchev–Trinajstić information content (AvgIpc) is 2.86. The number of nitrogens with zero attached hydrogens (tertiary/aromatic N) is 3. The molecule has 116 valence electrons. The van der Waals surface area contributed by atoms with Crippen LogP contribution in [0.4, 0.5) is 0 Å². The summed E-state index contributed by atoms with van der Waals surface area (Å²) >= 11 is 0. The van der Waals surface area contributed by atoms with Crippen LogP contribution in [0.5, 0.6) is 11.5 Å². The number of nitrogens with one attached hydrogen (secondary N) is 1. The molecular formula is C15H19N5O2. The van der Waals surface area contributed by atoms with E-state index in [-0.39, 0.29) is 0 Å². The molecule has 0 aliphatic carbocycles. The van der Waals surface area contributed by atoms with Crippen LogP contribution < -0.4 is 15.2 Å². The van der Waals surface area contributed by atoms with Gasteiger partial charge in [0, 0.05) is 12.1 Å². The summed E-state index contributed by atoms with van der Waals surface area (Å²) in [4.78, 5) is 0. The molecule has 0 aliphatic rings. The van der Waals surface area contributed by atoms with E-state index in [0.29, 0.717) is 35.3 Å². The number of para-hydroxylation sites is 1. The fourth-order valence-electron chi connectivity index (χ4n) is 2.21. The number of aromatic nitrogens is 3. The van der Waals surface area contributed by atoms with Crippen LogP contribution in [0.1, 0.15) is 11.6 Å². The molecule has 0 spiro atoms. The van der Waals surface area contributed by atoms with Crippen molar-refractivity contribution >= 4 is 5.71 Å². The average molecular weight is 301 g/mol. The van der Waals surface area contributed by atoms with Gasteiger partial charge in [0.2, 0.25) is 0 Å². The summed E-state index contributed by atoms with van der Waals surface area (Å²) in [6, 6.07) is 5.53. The van der Waals surface area contributed by atoms with Crippen molar-refractivity contribution in [1.29, 1.82) is 5.41 Å². The van der Waals surface area contributed by atoms with Crippen molar-refractivity contribution in [2.75, 3.05) is 14.2 Å². The standard InChI is InChI=1S/C15H19N5O2/c1-10-18-19-14(9-11(17)7-8-16)20(10)15-12(21-2)5-4-6-13(15)22-3/h4-8,17H,9,16H2,1-3H3/b8-7-,17-11?. The van der Waals surface area contributed by atoms with Gasteiger partial charge in [0.05, 0.1) is 14.2 Å². The Bertz CT molecular complexity index is 684. The SMILES string of the molecule is COc1cccc(OC)c1-n1c(C)nnc1CC(=N)/C=C\N. The Morgan fingerprint density at radius 1 is 1.27 bits per heavy atom. The lowest BCUT2D eigenvalue weighted by Crippen LogP contribution is -2.10. The van der Waals surface area contributed by atoms with E-state index in [1.165, 1.54) is 12.3 Å². The molecule has 1 heterocycles. The summed E-state index contributed by atoms with van der Waals surface area (Å²) in [5.41, 5.74) is 6.38. The van der Waals surface area contributed by atoms with Crippen LogP contribution in [0.15, 0.2) is 30.5 Å². The molecule has 1 aromatic carbocycles. The summed E-state index contributed by atoms with van der Waals surface area (Å²) in [6.45, 7) is 1.84. The van der Waals surface area contributed by atoms with Gasteiger partial charge in [-0.15, -0.1) is 10.2 Å². The molecule has 0 radical (unpaired) electrons. The highest BCUT2D eigenvalue weighted by molar-refractivity contribution is 5.93. The molecule has 0 saturated heterocycles. The molecular weight excluding hydrogens is 282 g/mol. The van der Waals surface area contributed by atoms with Gasteiger partial charge in [0.1, 0.15) is 28.8 Å². The first-order valence-corrected chi connectivity index (χ1v) is 6.70. The van der Waals surface area contributed by atoms with E-state index in [1.807, 2.05) is 29.7 Å². The largest absolute Gasteiger partial charge is 0.494 e. The van der Waals surface area contributed by atoms with Gasteiger partial charge in [0.25, 0.3) is 0 Å². The molecule has 2 rings (SSSR count). The zero-order chi connectivity index (χ0) is 16.1. The van der Waals surface area contributed by atoms with Crippen LogP contribution >= 0.6 is 0 Å². The predicted molar refractivity (Wildman–Crippen MR) is 84.0 cm³/mol. The third-order valence-electron chi connectivity index (χ3n) is 3.16. The Morgan fingerprint density at radius 3 is 2.45 bits per heavy atom. The summed E-state index contributed by atoms with van der Waals surface area (Å²) in [5, 5.41) is 16.1. The number of aryl methyl sites for hydroxylation is 1. The number of ether oxygens (including phenoxy) is 2. The molecule has 0 amide bonds. The third kappa shape index (κ3) is 2.93. The molecule has 0 saturated carbocycles. The highest BCUT2D eigenvalue weighted by Crippen LogP contribution is 2.33. The first-order valence-electron chi connectivity index (χ1n) is 6.70. The van der Waals surface area contributed by atoms with E-state index in [1.54, 1.807) is 14.2 Å². The zero-order valence-electron chi connectivity index (χ0n) is 12.8. The van der Waals surface area contributed by atoms with Gasteiger partial charge < -0.3 is 20.6 Å². The van der Waals surface area contributed by atoms with Crippen LogP contribution in [0, 0.1) is 12.3 Å². The molecule has 1 aromatic heterocycles. The fourth-order valence-corrected chi connectivity index (χ4v) is 2.21. The van der Waals surface area contributed by atoms with E-state index in [2.05, 4.69) is 10.2 Å². The zero-order valence-corrected chi connectivity index (χ0v) is 12.8. The summed E-state index contributed by atoms with van der Waals surface area (Å²) in [7, 11) is 3.19. The second-order valence-corrected chi connectivity index (χ2v) is 4.57. The van der Waals surface area contributed by atoms with Gasteiger partial charge in [0.15, 0.2) is 0 Å². The van der Waals surface area contributed by atoms with Gasteiger partial charge in [-0.3, -0.25) is 4.57 Å². The Hall–Kier alpha value is -2.83. The van der Waals surface area contributed by atoms with Crippen molar-refractivity contribution in [2.45, 2.75) is 13.3 Å². The first-order chi connectivity index (χ1) is 10.6. The van der Waals surface area contributed by atoms with Crippen molar-refractivity contribution in [1.82, 2.24) is 14.8 Å². The van der Waals surface area contributed by atoms with Crippen LogP contribution in [-0.4, -0.2) is 34.7 Å². The lowest BCUT2D eigenvalue weighted by atomic mass is 10.2. The Balaban J connectivity index is 2.58. The molecule has 7 nitrogen and oxygen atoms in total. The van der Waals surface area contributed by atoms with Gasteiger partial charge >= 0.3 is 0 Å². The number of rotatable bonds is 6. The van der Waals surface area contributed by atoms with Crippen LogP contribution in [0.3, 0.4) is 0 Å². The van der Waals surface area contributed by atoms with E-state index in [4.69, 9.17) is 20.6 Å². The van der Waals surface area contributed by atoms with Crippen molar-refractivity contribution in [2.24, 2.45) is 5.73 Å². The summed E-state index contributed by atoms with van der Waals surface area (Å²) < 4.78 is 12.7. The molecule has 0 bridgehead atoms. The third-order valence-corrected chi connectivity index (χ3v) is 3.16. The Labute approximate surface area is 128 Å². The van der Waals surface area contributed by atoms with Gasteiger partial charge in [-0.25, -0.2) is 0 Å². The first kappa shape index (κ1) is 15.6. The van der Waals surface area contributed by atoms with Crippen molar-refractivity contribution in [3.05, 3.63) is 42.1 Å². The van der Waals surface area contributed by atoms with Crippen LogP contribution in [-0.2, 0) is 6.42 Å². The van der Waals surface area contributed by atoms with Crippen molar-refractivity contribution in [3.8, 4) is 17.2 Å². The van der Waals surface area contributed by atoms with Crippen LogP contribution in [0.25, 0.3) is 5.69 Å². The number of hydrogen-bond donors (Lipinski definition) is 2. The Morgan fingerprint density at radius 2 is 1.91 bits per heavy atom. The summed E-state index contributed by atoms with van der Waals surface area (Å²) in [6.07, 6.45) is 3.16. The highest BCUT2D eigenvalue weighted by atomic mass is 16.5. The molecule has 3 N–H and O–H groups in total. The second-order valence-electron chi connectivity index (χ2n) is 4.57. The molecule has 0 atom stereocenters. The molecule has 7 heteroatoms. The number of hydrogen-bond acceptors (Lipinski definition) is 6. The van der Waals surface area contributed by atoms with E-state index in [0.717, 1.165) is 5.69 Å². The highest BCUT2D eigenvalue weighted by Gasteiger charge is 2.19. The maximum atomic E-state index is 7.88. The number of methoxy groups -OCH3 is 2. The number of benzene rings is 1. The van der Waals surface area contributed by atoms with Crippen molar-refractivity contribution in [3.63, 3.8) is 0 Å². The van der Waals surface area contributed by atoms with E-state index in [9.17, 15) is 0 Å². The molecule has 22 heavy (non-hydrogen) atoms. The minimum Gasteiger partial charge on any atom is -0.494 e. The van der Waals surface area contributed by atoms with Gasteiger partial charge in [-0.2, -0.15) is 0 Å². The number of allylic oxidation sites excluding steroid dienone is 1. The van der Waals surface area contributed by atoms with E-state index >= 15 is 0 Å². The number of nitrogens with two attached hydrogens (primary N) is 1. The maximum absolute atomic E-state index is 7.88. The molecule has 0 fully saturated rings. The van der Waals surface area contributed by atoms with Crippen LogP contribution in [0.2, 0.25) is 0 Å². The topological polar surface area (TPSA) is 99.0 Å². The minimum atomic E-state index is 0.301. The Kier molecular flexibility index (Phi) is 4.77. The van der Waals surface area contributed by atoms with E-state index < -0.39 is 0 Å². The minimum absolute atomic E-state index is 0.301. The molecule has 0 unspecified atom stereocenters. The lowest BCUT2D eigenvalue weighted by molar-refractivity contribution is 0.390.